The first kappa shape index (κ1) is 34.8. The highest BCUT2D eigenvalue weighted by molar-refractivity contribution is 5.35. The number of rotatable bonds is 4. The van der Waals surface area contributed by atoms with E-state index in [2.05, 4.69) is 0 Å². The average Bonchev–Trinajstić information content (AvgIpc) is 2.67. The van der Waals surface area contributed by atoms with Crippen LogP contribution in [-0.4, -0.2) is 66.0 Å². The number of halogens is 24. The molecule has 1 atom stereocenters. The van der Waals surface area contributed by atoms with Crippen LogP contribution < -0.4 is 0 Å². The summed E-state index contributed by atoms with van der Waals surface area (Å²) >= 11 is 0. The predicted molar refractivity (Wildman–Crippen MR) is 65.8 cm³/mol. The molecule has 232 valence electrons. The second kappa shape index (κ2) is 8.42. The third kappa shape index (κ3) is 4.37. The van der Waals surface area contributed by atoms with Crippen LogP contribution in [0.4, 0.5) is 105 Å². The summed E-state index contributed by atoms with van der Waals surface area (Å²) in [6.45, 7) is 0. The third-order valence-corrected chi connectivity index (χ3v) is 4.51. The van der Waals surface area contributed by atoms with Gasteiger partial charge in [-0.2, -0.15) is 101 Å². The second-order valence-electron chi connectivity index (χ2n) is 6.94. The first-order valence-corrected chi connectivity index (χ1v) is 8.10. The van der Waals surface area contributed by atoms with Gasteiger partial charge in [0.15, 0.2) is 0 Å². The van der Waals surface area contributed by atoms with Crippen LogP contribution in [0.1, 0.15) is 0 Å². The molecule has 26 heteroatoms. The third-order valence-electron chi connectivity index (χ3n) is 4.51. The van der Waals surface area contributed by atoms with E-state index in [1.807, 2.05) is 0 Å². The molecule has 0 saturated heterocycles. The molecule has 0 radical (unpaired) electrons. The molecule has 1 aliphatic rings. The van der Waals surface area contributed by atoms with E-state index in [1.54, 1.807) is 4.74 Å². The Kier molecular flexibility index (Phi) is 7.52. The fourth-order valence-corrected chi connectivity index (χ4v) is 2.66. The van der Waals surface area contributed by atoms with Gasteiger partial charge >= 0.3 is 66.0 Å². The molecule has 1 aliphatic carbocycles. The first-order valence-electron chi connectivity index (χ1n) is 8.10. The minimum Gasteiger partial charge on any atom is -0.457 e. The molecule has 1 unspecified atom stereocenters. The van der Waals surface area contributed by atoms with Crippen molar-refractivity contribution in [3.8, 4) is 0 Å². The minimum absolute atomic E-state index is 1.42. The molecule has 0 amide bonds. The standard InChI is InChI=1S/C13F24O2/c14-1-2(38-5(8(20,21)22,9(23,24)25)10(26,27)28)3(15,16)7(18,19)4(1,17)39-6(11(29,30)31,12(32,33)34)13(35,36)37. The quantitative estimate of drug-likeness (QED) is 0.289. The molecule has 0 bridgehead atoms. The zero-order valence-corrected chi connectivity index (χ0v) is 16.4. The van der Waals surface area contributed by atoms with E-state index in [4.69, 9.17) is 0 Å². The first-order chi connectivity index (χ1) is 16.5. The highest BCUT2D eigenvalue weighted by Gasteiger charge is 2.94. The Labute approximate surface area is 194 Å². The van der Waals surface area contributed by atoms with Gasteiger partial charge in [0.2, 0.25) is 11.6 Å². The Balaban J connectivity index is 4.27. The molecule has 0 fully saturated rings. The van der Waals surface area contributed by atoms with Gasteiger partial charge in [0.25, 0.3) is 0 Å². The molecule has 0 heterocycles. The topological polar surface area (TPSA) is 18.5 Å². The van der Waals surface area contributed by atoms with E-state index in [0.717, 1.165) is 0 Å². The molecular weight excluding hydrogens is 644 g/mol. The number of hydrogen-bond acceptors (Lipinski definition) is 2. The number of allylic oxidation sites excluding steroid dienone is 1. The fourth-order valence-electron chi connectivity index (χ4n) is 2.66. The minimum atomic E-state index is -8.52. The zero-order valence-electron chi connectivity index (χ0n) is 16.4. The normalized spacial score (nSPS) is 23.9. The molecule has 0 aromatic rings. The molecular formula is C13F24O2. The summed E-state index contributed by atoms with van der Waals surface area (Å²) in [4.78, 5) is 0. The summed E-state index contributed by atoms with van der Waals surface area (Å²) in [6, 6.07) is 0. The van der Waals surface area contributed by atoms with Crippen LogP contribution in [0.15, 0.2) is 11.6 Å². The van der Waals surface area contributed by atoms with Crippen molar-refractivity contribution in [3.63, 3.8) is 0 Å². The van der Waals surface area contributed by atoms with Gasteiger partial charge in [-0.1, -0.05) is 0 Å². The summed E-state index contributed by atoms with van der Waals surface area (Å²) in [5, 5.41) is 0. The van der Waals surface area contributed by atoms with Crippen LogP contribution >= 0.6 is 0 Å². The lowest BCUT2D eigenvalue weighted by Gasteiger charge is -2.42. The Morgan fingerprint density at radius 2 is 0.692 bits per heavy atom. The molecule has 39 heavy (non-hydrogen) atoms. The molecule has 0 saturated carbocycles. The molecule has 1 rings (SSSR count). The summed E-state index contributed by atoms with van der Waals surface area (Å²) in [5.41, 5.74) is -16.8. The second-order valence-corrected chi connectivity index (χ2v) is 6.94. The van der Waals surface area contributed by atoms with E-state index in [1.165, 1.54) is 4.74 Å². The van der Waals surface area contributed by atoms with Crippen molar-refractivity contribution in [2.75, 3.05) is 0 Å². The SMILES string of the molecule is FC1=C(OC(C(F)(F)F)(C(F)(F)F)C(F)(F)F)C(F)(F)C(F)(F)C1(F)OC(C(F)(F)F)(C(F)(F)F)C(F)(F)F. The van der Waals surface area contributed by atoms with Gasteiger partial charge in [-0.25, -0.2) is 4.39 Å². The maximum atomic E-state index is 14.5. The Morgan fingerprint density at radius 1 is 0.436 bits per heavy atom. The molecule has 0 N–H and O–H groups in total. The van der Waals surface area contributed by atoms with Crippen LogP contribution in [0.25, 0.3) is 0 Å². The van der Waals surface area contributed by atoms with Crippen molar-refractivity contribution in [3.05, 3.63) is 11.6 Å². The number of ether oxygens (including phenoxy) is 2. The predicted octanol–water partition coefficient (Wildman–Crippen LogP) is 8.00. The van der Waals surface area contributed by atoms with Gasteiger partial charge in [-0.15, -0.1) is 0 Å². The lowest BCUT2D eigenvalue weighted by molar-refractivity contribution is -0.497. The van der Waals surface area contributed by atoms with E-state index < -0.39 is 77.5 Å². The van der Waals surface area contributed by atoms with Crippen LogP contribution in [0.3, 0.4) is 0 Å². The average molecular weight is 644 g/mol. The van der Waals surface area contributed by atoms with Crippen LogP contribution in [0.2, 0.25) is 0 Å². The Morgan fingerprint density at radius 3 is 0.923 bits per heavy atom. The maximum absolute atomic E-state index is 14.5. The van der Waals surface area contributed by atoms with Crippen LogP contribution in [0, 0.1) is 0 Å². The highest BCUT2D eigenvalue weighted by atomic mass is 19.4. The van der Waals surface area contributed by atoms with Gasteiger partial charge < -0.3 is 9.47 Å². The van der Waals surface area contributed by atoms with Gasteiger partial charge in [-0.05, 0) is 0 Å². The van der Waals surface area contributed by atoms with E-state index in [-0.39, 0.29) is 0 Å². The van der Waals surface area contributed by atoms with E-state index >= 15 is 0 Å². The molecule has 0 spiro atoms. The summed E-state index contributed by atoms with van der Waals surface area (Å²) in [5.74, 6) is -34.9. The van der Waals surface area contributed by atoms with Crippen LogP contribution in [-0.2, 0) is 9.47 Å². The summed E-state index contributed by atoms with van der Waals surface area (Å²) in [6.07, 6.45) is -49.9. The number of hydrogen-bond donors (Lipinski definition) is 0. The van der Waals surface area contributed by atoms with E-state index in [0.29, 0.717) is 0 Å². The lowest BCUT2D eigenvalue weighted by atomic mass is 9.99. The molecule has 0 aliphatic heterocycles. The van der Waals surface area contributed by atoms with Crippen molar-refractivity contribution >= 4 is 0 Å². The van der Waals surface area contributed by atoms with Gasteiger partial charge in [-0.3, -0.25) is 0 Å². The van der Waals surface area contributed by atoms with E-state index in [9.17, 15) is 105 Å². The Bertz CT molecular complexity index is 893. The lowest BCUT2D eigenvalue weighted by Crippen LogP contribution is -2.72. The van der Waals surface area contributed by atoms with Gasteiger partial charge in [0.05, 0.1) is 0 Å². The summed E-state index contributed by atoms with van der Waals surface area (Å²) < 4.78 is 318. The van der Waals surface area contributed by atoms with Gasteiger partial charge in [0, 0.05) is 0 Å². The Hall–Kier alpha value is -2.18. The zero-order chi connectivity index (χ0) is 32.1. The van der Waals surface area contributed by atoms with Crippen molar-refractivity contribution in [2.45, 2.75) is 66.0 Å². The van der Waals surface area contributed by atoms with Crippen molar-refractivity contribution in [1.29, 1.82) is 0 Å². The van der Waals surface area contributed by atoms with Crippen molar-refractivity contribution in [1.82, 2.24) is 0 Å². The highest BCUT2D eigenvalue weighted by Crippen LogP contribution is 2.67. The largest absolute Gasteiger partial charge is 0.457 e. The smallest absolute Gasteiger partial charge is 0.447 e. The molecule has 0 aromatic carbocycles. The van der Waals surface area contributed by atoms with Crippen molar-refractivity contribution in [2.24, 2.45) is 0 Å². The molecule has 0 aromatic heterocycles. The van der Waals surface area contributed by atoms with Gasteiger partial charge in [0.1, 0.15) is 0 Å². The monoisotopic (exact) mass is 644 g/mol. The number of alkyl halides is 23. The summed E-state index contributed by atoms with van der Waals surface area (Å²) in [7, 11) is 0. The van der Waals surface area contributed by atoms with Crippen molar-refractivity contribution < 1.29 is 115 Å². The maximum Gasteiger partial charge on any atom is 0.447 e. The molecule has 2 nitrogen and oxygen atoms in total. The fraction of sp³-hybridized carbons (Fsp3) is 0.846. The van der Waals surface area contributed by atoms with Crippen LogP contribution in [0.5, 0.6) is 0 Å².